The highest BCUT2D eigenvalue weighted by Crippen LogP contribution is 2.25. The van der Waals surface area contributed by atoms with Gasteiger partial charge in [0, 0.05) is 71.5 Å². The van der Waals surface area contributed by atoms with Gasteiger partial charge in [-0.1, -0.05) is 91.0 Å². The van der Waals surface area contributed by atoms with Gasteiger partial charge in [0.05, 0.1) is 19.2 Å². The Morgan fingerprint density at radius 1 is 0.636 bits per heavy atom. The van der Waals surface area contributed by atoms with Gasteiger partial charge in [0.1, 0.15) is 42.3 Å². The predicted molar refractivity (Wildman–Crippen MR) is 324 cm³/mol. The van der Waals surface area contributed by atoms with E-state index in [0.717, 1.165) is 0 Å². The van der Waals surface area contributed by atoms with Crippen molar-refractivity contribution >= 4 is 71.1 Å². The number of nitrogens with one attached hydrogen (secondary N) is 5. The Bertz CT molecular complexity index is 2930. The van der Waals surface area contributed by atoms with Gasteiger partial charge in [-0.2, -0.15) is 0 Å². The molecule has 0 aromatic heterocycles. The monoisotopic (exact) mass is 1220 g/mol. The van der Waals surface area contributed by atoms with Gasteiger partial charge in [0.2, 0.25) is 53.2 Å². The van der Waals surface area contributed by atoms with Crippen LogP contribution < -0.4 is 55.3 Å². The zero-order valence-electron chi connectivity index (χ0n) is 49.4. The van der Waals surface area contributed by atoms with Gasteiger partial charge in [-0.25, -0.2) is 4.79 Å². The number of amides is 9. The molecule has 3 aliphatic rings. The summed E-state index contributed by atoms with van der Waals surface area (Å²) in [6, 6.07) is 15.9. The van der Waals surface area contributed by atoms with E-state index in [1.807, 2.05) is 0 Å². The van der Waals surface area contributed by atoms with E-state index in [9.17, 15) is 58.2 Å². The quantitative estimate of drug-likeness (QED) is 0.0230. The standard InChI is InChI=1S/C60H84N16O12/c61-41(21-10-26-67-59(62)63)55(84)76-32-25-49(78)66-28-14-31-73(50(79)36-69-52(81)45-23-12-30-75(45)57(86)48(76)35-40-19-8-3-9-20-40)47(34-39-17-6-2-7-18-39)54(83)72-44(37-77)56(85)74-29-13-24-46(74)53(82)71-43(33-38-15-4-1-5-16-38)51(80)70-42(58(87)88)22-11-27-68-60(64)65/h1-9,15-20,41-48,77H,10-14,21-37,61H2,(H,66,78)(H,69,81)(H,70,80)(H,71,82)(H,72,83)(H,87,88)(H4,62,63,67)(H4,64,65,68)/t41-,42-,43-,44-,45-,46-,47-,48-/m0/s1. The van der Waals surface area contributed by atoms with Crippen LogP contribution in [0.1, 0.15) is 80.9 Å². The molecule has 3 heterocycles. The van der Waals surface area contributed by atoms with Gasteiger partial charge in [0.15, 0.2) is 11.9 Å². The van der Waals surface area contributed by atoms with Crippen molar-refractivity contribution in [2.24, 2.45) is 38.7 Å². The number of benzene rings is 3. The van der Waals surface area contributed by atoms with Crippen LogP contribution in [0.5, 0.6) is 0 Å². The fourth-order valence-corrected chi connectivity index (χ4v) is 11.1. The molecule has 3 saturated heterocycles. The van der Waals surface area contributed by atoms with Crippen LogP contribution >= 0.6 is 0 Å². The van der Waals surface area contributed by atoms with E-state index in [1.54, 1.807) is 91.0 Å². The number of fused-ring (bicyclic) bond motifs is 1. The Balaban J connectivity index is 1.23. The lowest BCUT2D eigenvalue weighted by atomic mass is 10.0. The first-order valence-corrected chi connectivity index (χ1v) is 29.7. The van der Waals surface area contributed by atoms with Crippen LogP contribution in [0.15, 0.2) is 101 Å². The summed E-state index contributed by atoms with van der Waals surface area (Å²) in [5.41, 5.74) is 30.2. The molecule has 0 radical (unpaired) electrons. The fraction of sp³-hybridized carbons (Fsp3) is 0.500. The molecule has 6 rings (SSSR count). The van der Waals surface area contributed by atoms with Crippen molar-refractivity contribution in [3.05, 3.63) is 108 Å². The molecule has 17 N–H and O–H groups in total. The summed E-state index contributed by atoms with van der Waals surface area (Å²) in [6.07, 6.45) is 1.34. The Morgan fingerprint density at radius 3 is 1.84 bits per heavy atom. The second-order valence-electron chi connectivity index (χ2n) is 22.0. The predicted octanol–water partition coefficient (Wildman–Crippen LogP) is -2.92. The molecule has 0 unspecified atom stereocenters. The molecule has 28 heteroatoms. The minimum absolute atomic E-state index is 0.0145. The third-order valence-corrected chi connectivity index (χ3v) is 15.6. The van der Waals surface area contributed by atoms with Gasteiger partial charge < -0.3 is 85.1 Å². The minimum Gasteiger partial charge on any atom is -0.480 e. The summed E-state index contributed by atoms with van der Waals surface area (Å²) in [5, 5.41) is 34.2. The van der Waals surface area contributed by atoms with Crippen molar-refractivity contribution in [1.82, 2.24) is 46.2 Å². The fourth-order valence-electron chi connectivity index (χ4n) is 11.1. The Morgan fingerprint density at radius 2 is 1.23 bits per heavy atom. The third kappa shape index (κ3) is 20.2. The molecule has 28 nitrogen and oxygen atoms in total. The molecule has 0 saturated carbocycles. The van der Waals surface area contributed by atoms with Gasteiger partial charge in [-0.3, -0.25) is 53.1 Å². The molecular weight excluding hydrogens is 1140 g/mol. The number of carbonyl (C=O) groups excluding carboxylic acids is 9. The number of carboxylic acids is 1. The third-order valence-electron chi connectivity index (χ3n) is 15.6. The normalized spacial score (nSPS) is 19.5. The number of carboxylic acid groups (broad SMARTS) is 1. The SMILES string of the molecule is NC(N)=NCCC[C@H](NC(=O)[C@H](Cc1ccccc1)NC(=O)[C@@H]1CCCN1C(=O)[C@H](CO)NC(=O)[C@H](Cc1ccccc1)N1CCCNC(=O)CCN(C(=O)[C@@H](N)CCCN=C(N)N)[C@@H](Cc2ccccc2)C(=O)N2CCC[C@H]2C(=O)NCC1=O)C(=O)O. The molecule has 3 aromatic carbocycles. The largest absolute Gasteiger partial charge is 0.480 e. The van der Waals surface area contributed by atoms with E-state index >= 15 is 0 Å². The van der Waals surface area contributed by atoms with Gasteiger partial charge in [-0.05, 0) is 74.5 Å². The molecule has 3 fully saturated rings. The van der Waals surface area contributed by atoms with Crippen LogP contribution in [-0.4, -0.2) is 208 Å². The Kier molecular flexibility index (Phi) is 26.4. The highest BCUT2D eigenvalue weighted by Gasteiger charge is 2.44. The van der Waals surface area contributed by atoms with Crippen molar-refractivity contribution in [3.8, 4) is 0 Å². The maximum atomic E-state index is 15.0. The average molecular weight is 1220 g/mol. The average Bonchev–Trinajstić information content (AvgIpc) is 2.10. The highest BCUT2D eigenvalue weighted by molar-refractivity contribution is 5.98. The smallest absolute Gasteiger partial charge is 0.326 e. The summed E-state index contributed by atoms with van der Waals surface area (Å²) >= 11 is 0. The van der Waals surface area contributed by atoms with E-state index < -0.39 is 121 Å². The molecule has 0 spiro atoms. The van der Waals surface area contributed by atoms with E-state index in [1.165, 1.54) is 19.6 Å². The maximum Gasteiger partial charge on any atom is 0.326 e. The Labute approximate surface area is 510 Å². The van der Waals surface area contributed by atoms with Gasteiger partial charge in [0.25, 0.3) is 0 Å². The number of aliphatic carboxylic acids is 1. The van der Waals surface area contributed by atoms with Crippen molar-refractivity contribution in [2.75, 3.05) is 59.0 Å². The number of rotatable bonds is 25. The zero-order valence-corrected chi connectivity index (χ0v) is 49.4. The Hall–Kier alpha value is -9.18. The molecule has 3 aliphatic heterocycles. The van der Waals surface area contributed by atoms with Crippen LogP contribution in [0.4, 0.5) is 0 Å². The minimum atomic E-state index is -1.66. The number of aliphatic hydroxyl groups is 1. The summed E-state index contributed by atoms with van der Waals surface area (Å²) < 4.78 is 0. The van der Waals surface area contributed by atoms with Crippen LogP contribution in [0.25, 0.3) is 0 Å². The van der Waals surface area contributed by atoms with Gasteiger partial charge >= 0.3 is 5.97 Å². The molecule has 8 atom stereocenters. The molecule has 3 aromatic rings. The summed E-state index contributed by atoms with van der Waals surface area (Å²) in [6.45, 7) is -1.60. The number of nitrogens with zero attached hydrogens (tertiary/aromatic N) is 6. The number of hydrogen-bond donors (Lipinski definition) is 12. The van der Waals surface area contributed by atoms with Crippen molar-refractivity contribution in [1.29, 1.82) is 0 Å². The second kappa shape index (κ2) is 34.2. The molecule has 9 amide bonds. The van der Waals surface area contributed by atoms with Crippen LogP contribution in [0, 0.1) is 0 Å². The first kappa shape index (κ1) is 67.9. The molecule has 0 bridgehead atoms. The van der Waals surface area contributed by atoms with E-state index in [0.29, 0.717) is 36.0 Å². The highest BCUT2D eigenvalue weighted by atomic mass is 16.4. The second-order valence-corrected chi connectivity index (χ2v) is 22.0. The number of hydrogen-bond acceptors (Lipinski definition) is 14. The topological polar surface area (TPSA) is 439 Å². The number of aliphatic hydroxyl groups excluding tert-OH is 1. The van der Waals surface area contributed by atoms with Crippen molar-refractivity contribution in [3.63, 3.8) is 0 Å². The lowest BCUT2D eigenvalue weighted by Crippen LogP contribution is -2.60. The van der Waals surface area contributed by atoms with Crippen LogP contribution in [-0.2, 0) is 67.2 Å². The summed E-state index contributed by atoms with van der Waals surface area (Å²) in [5.74, 6) is -8.00. The zero-order chi connectivity index (χ0) is 63.7. The van der Waals surface area contributed by atoms with Crippen molar-refractivity contribution < 1.29 is 58.2 Å². The maximum absolute atomic E-state index is 15.0. The number of guanidine groups is 2. The number of aliphatic imine (C=N–C) groups is 2. The number of likely N-dealkylation sites (tertiary alicyclic amines) is 1. The van der Waals surface area contributed by atoms with Crippen LogP contribution in [0.2, 0.25) is 0 Å². The number of nitrogens with two attached hydrogens (primary N) is 5. The molecule has 88 heavy (non-hydrogen) atoms. The van der Waals surface area contributed by atoms with Crippen LogP contribution in [0.3, 0.4) is 0 Å². The molecular formula is C60H84N16O12. The number of carbonyl (C=O) groups is 10. The van der Waals surface area contributed by atoms with E-state index in [2.05, 4.69) is 36.6 Å². The van der Waals surface area contributed by atoms with Gasteiger partial charge in [-0.15, -0.1) is 0 Å². The summed E-state index contributed by atoms with van der Waals surface area (Å²) in [4.78, 5) is 155. The first-order valence-electron chi connectivity index (χ1n) is 29.7. The molecule has 476 valence electrons. The molecule has 0 aliphatic carbocycles. The summed E-state index contributed by atoms with van der Waals surface area (Å²) in [7, 11) is 0. The van der Waals surface area contributed by atoms with E-state index in [-0.39, 0.29) is 122 Å². The van der Waals surface area contributed by atoms with Crippen molar-refractivity contribution in [2.45, 2.75) is 132 Å². The van der Waals surface area contributed by atoms with E-state index in [4.69, 9.17) is 28.7 Å². The lowest BCUT2D eigenvalue weighted by molar-refractivity contribution is -0.149. The first-order chi connectivity index (χ1) is 42.3. The lowest BCUT2D eigenvalue weighted by Gasteiger charge is -2.36.